The van der Waals surface area contributed by atoms with Gasteiger partial charge in [0.05, 0.1) is 7.11 Å². The molecule has 0 fully saturated rings. The second-order valence-electron chi connectivity index (χ2n) is 6.22. The minimum Gasteiger partial charge on any atom is -0.468 e. The van der Waals surface area contributed by atoms with Gasteiger partial charge in [0.1, 0.15) is 11.6 Å². The molecule has 0 saturated heterocycles. The van der Waals surface area contributed by atoms with Crippen LogP contribution in [0.4, 0.5) is 4.79 Å². The van der Waals surface area contributed by atoms with E-state index in [1.165, 1.54) is 12.0 Å². The number of hydrogen-bond acceptors (Lipinski definition) is 5. The van der Waals surface area contributed by atoms with Crippen LogP contribution in [0.25, 0.3) is 0 Å². The van der Waals surface area contributed by atoms with Crippen molar-refractivity contribution >= 4 is 12.1 Å². The first-order chi connectivity index (χ1) is 10.7. The number of ether oxygens (including phenoxy) is 2. The summed E-state index contributed by atoms with van der Waals surface area (Å²) in [6, 6.07) is 8.75. The van der Waals surface area contributed by atoms with Crippen LogP contribution in [-0.2, 0) is 14.3 Å². The fraction of sp³-hybridized carbons (Fsp3) is 0.529. The minimum absolute atomic E-state index is 0.365. The standard InChI is InChI=1S/C17H26N2O4/c1-17(2,3)23-16(21)19(4)12-11-18-14(15(20)22-5)13-9-7-6-8-10-13/h6-10,14,18H,11-12H2,1-5H3. The Balaban J connectivity index is 2.56. The van der Waals surface area contributed by atoms with E-state index in [-0.39, 0.29) is 5.97 Å². The second-order valence-corrected chi connectivity index (χ2v) is 6.22. The maximum atomic E-state index is 11.9. The van der Waals surface area contributed by atoms with Crippen molar-refractivity contribution in [2.24, 2.45) is 0 Å². The van der Waals surface area contributed by atoms with E-state index in [1.54, 1.807) is 7.05 Å². The van der Waals surface area contributed by atoms with Crippen molar-refractivity contribution in [3.63, 3.8) is 0 Å². The summed E-state index contributed by atoms with van der Waals surface area (Å²) in [7, 11) is 3.01. The third-order valence-corrected chi connectivity index (χ3v) is 3.07. The predicted octanol–water partition coefficient (Wildman–Crippen LogP) is 2.36. The van der Waals surface area contributed by atoms with E-state index in [0.29, 0.717) is 13.1 Å². The molecule has 1 atom stereocenters. The van der Waals surface area contributed by atoms with Crippen molar-refractivity contribution in [1.82, 2.24) is 10.2 Å². The Bertz CT molecular complexity index is 511. The Morgan fingerprint density at radius 2 is 1.83 bits per heavy atom. The molecule has 1 N–H and O–H groups in total. The molecular formula is C17H26N2O4. The Morgan fingerprint density at radius 1 is 1.22 bits per heavy atom. The molecular weight excluding hydrogens is 296 g/mol. The van der Waals surface area contributed by atoms with Crippen molar-refractivity contribution < 1.29 is 19.1 Å². The Labute approximate surface area is 137 Å². The van der Waals surface area contributed by atoms with E-state index in [1.807, 2.05) is 51.1 Å². The molecule has 1 rings (SSSR count). The highest BCUT2D eigenvalue weighted by molar-refractivity contribution is 5.77. The molecule has 0 spiro atoms. The van der Waals surface area contributed by atoms with E-state index < -0.39 is 17.7 Å². The van der Waals surface area contributed by atoms with Crippen LogP contribution < -0.4 is 5.32 Å². The maximum absolute atomic E-state index is 11.9. The van der Waals surface area contributed by atoms with Crippen LogP contribution in [0.5, 0.6) is 0 Å². The van der Waals surface area contributed by atoms with Gasteiger partial charge in [0.15, 0.2) is 0 Å². The van der Waals surface area contributed by atoms with Gasteiger partial charge in [0, 0.05) is 20.1 Å². The molecule has 6 heteroatoms. The molecule has 1 aromatic rings. The highest BCUT2D eigenvalue weighted by atomic mass is 16.6. The number of carbonyl (C=O) groups is 2. The summed E-state index contributed by atoms with van der Waals surface area (Å²) in [6.45, 7) is 6.30. The molecule has 0 aliphatic heterocycles. The third-order valence-electron chi connectivity index (χ3n) is 3.07. The lowest BCUT2D eigenvalue weighted by Gasteiger charge is -2.25. The first-order valence-electron chi connectivity index (χ1n) is 7.55. The number of carbonyl (C=O) groups excluding carboxylic acids is 2. The second kappa shape index (κ2) is 8.53. The number of benzene rings is 1. The van der Waals surface area contributed by atoms with Crippen LogP contribution in [0.2, 0.25) is 0 Å². The van der Waals surface area contributed by atoms with Crippen molar-refractivity contribution in [2.75, 3.05) is 27.2 Å². The van der Waals surface area contributed by atoms with Gasteiger partial charge in [0.25, 0.3) is 0 Å². The molecule has 1 aromatic carbocycles. The molecule has 0 aromatic heterocycles. The topological polar surface area (TPSA) is 67.9 Å². The van der Waals surface area contributed by atoms with Gasteiger partial charge in [-0.25, -0.2) is 9.59 Å². The molecule has 1 unspecified atom stereocenters. The summed E-state index contributed by atoms with van der Waals surface area (Å²) in [4.78, 5) is 25.3. The lowest BCUT2D eigenvalue weighted by Crippen LogP contribution is -2.40. The smallest absolute Gasteiger partial charge is 0.410 e. The molecule has 128 valence electrons. The number of methoxy groups -OCH3 is 1. The van der Waals surface area contributed by atoms with Crippen LogP contribution >= 0.6 is 0 Å². The van der Waals surface area contributed by atoms with Crippen molar-refractivity contribution in [1.29, 1.82) is 0 Å². The molecule has 0 saturated carbocycles. The van der Waals surface area contributed by atoms with Gasteiger partial charge in [-0.05, 0) is 26.3 Å². The molecule has 0 aliphatic rings. The van der Waals surface area contributed by atoms with E-state index in [2.05, 4.69) is 5.32 Å². The van der Waals surface area contributed by atoms with E-state index in [4.69, 9.17) is 9.47 Å². The number of nitrogens with one attached hydrogen (secondary N) is 1. The molecule has 6 nitrogen and oxygen atoms in total. The molecule has 0 heterocycles. The van der Waals surface area contributed by atoms with Crippen molar-refractivity contribution in [3.05, 3.63) is 35.9 Å². The van der Waals surface area contributed by atoms with Crippen molar-refractivity contribution in [2.45, 2.75) is 32.4 Å². The highest BCUT2D eigenvalue weighted by Crippen LogP contribution is 2.14. The number of esters is 1. The molecule has 0 bridgehead atoms. The van der Waals surface area contributed by atoms with Gasteiger partial charge in [-0.1, -0.05) is 30.3 Å². The zero-order chi connectivity index (χ0) is 17.5. The Hall–Kier alpha value is -2.08. The summed E-state index contributed by atoms with van der Waals surface area (Å²) >= 11 is 0. The van der Waals surface area contributed by atoms with Gasteiger partial charge in [-0.15, -0.1) is 0 Å². The van der Waals surface area contributed by atoms with Gasteiger partial charge >= 0.3 is 12.1 Å². The first kappa shape index (κ1) is 19.0. The highest BCUT2D eigenvalue weighted by Gasteiger charge is 2.22. The maximum Gasteiger partial charge on any atom is 0.410 e. The lowest BCUT2D eigenvalue weighted by molar-refractivity contribution is -0.143. The van der Waals surface area contributed by atoms with Gasteiger partial charge < -0.3 is 14.4 Å². The van der Waals surface area contributed by atoms with Crippen molar-refractivity contribution in [3.8, 4) is 0 Å². The summed E-state index contributed by atoms with van der Waals surface area (Å²) in [6.07, 6.45) is -0.395. The zero-order valence-electron chi connectivity index (χ0n) is 14.5. The first-order valence-corrected chi connectivity index (χ1v) is 7.55. The summed E-state index contributed by atoms with van der Waals surface area (Å²) in [5.74, 6) is -0.365. The zero-order valence-corrected chi connectivity index (χ0v) is 14.5. The van der Waals surface area contributed by atoms with Crippen LogP contribution in [0.1, 0.15) is 32.4 Å². The fourth-order valence-corrected chi connectivity index (χ4v) is 1.91. The average molecular weight is 322 g/mol. The monoisotopic (exact) mass is 322 g/mol. The van der Waals surface area contributed by atoms with E-state index >= 15 is 0 Å². The summed E-state index contributed by atoms with van der Waals surface area (Å²) in [5.41, 5.74) is 0.288. The summed E-state index contributed by atoms with van der Waals surface area (Å²) in [5, 5.41) is 3.11. The average Bonchev–Trinajstić information content (AvgIpc) is 2.49. The third kappa shape index (κ3) is 6.69. The largest absolute Gasteiger partial charge is 0.468 e. The number of likely N-dealkylation sites (N-methyl/N-ethyl adjacent to an activating group) is 1. The molecule has 0 radical (unpaired) electrons. The Kier molecular flexibility index (Phi) is 7.03. The van der Waals surface area contributed by atoms with Gasteiger partial charge in [0.2, 0.25) is 0 Å². The van der Waals surface area contributed by atoms with Crippen LogP contribution in [0.3, 0.4) is 0 Å². The molecule has 0 aliphatic carbocycles. The molecule has 23 heavy (non-hydrogen) atoms. The molecule has 1 amide bonds. The number of nitrogens with zero attached hydrogens (tertiary/aromatic N) is 1. The normalized spacial score (nSPS) is 12.4. The number of hydrogen-bond donors (Lipinski definition) is 1. The lowest BCUT2D eigenvalue weighted by atomic mass is 10.1. The van der Waals surface area contributed by atoms with Gasteiger partial charge in [-0.3, -0.25) is 5.32 Å². The minimum atomic E-state index is -0.562. The predicted molar refractivity (Wildman–Crippen MR) is 88.1 cm³/mol. The van der Waals surface area contributed by atoms with Gasteiger partial charge in [-0.2, -0.15) is 0 Å². The summed E-state index contributed by atoms with van der Waals surface area (Å²) < 4.78 is 10.1. The van der Waals surface area contributed by atoms with Crippen LogP contribution in [0, 0.1) is 0 Å². The van der Waals surface area contributed by atoms with Crippen LogP contribution in [-0.4, -0.2) is 49.8 Å². The van der Waals surface area contributed by atoms with Crippen LogP contribution in [0.15, 0.2) is 30.3 Å². The fourth-order valence-electron chi connectivity index (χ4n) is 1.91. The van der Waals surface area contributed by atoms with E-state index in [9.17, 15) is 9.59 Å². The number of rotatable bonds is 6. The number of amides is 1. The Morgan fingerprint density at radius 3 is 2.35 bits per heavy atom. The quantitative estimate of drug-likeness (QED) is 0.814. The SMILES string of the molecule is COC(=O)C(NCCN(C)C(=O)OC(C)(C)C)c1ccccc1. The van der Waals surface area contributed by atoms with E-state index in [0.717, 1.165) is 5.56 Å².